The van der Waals surface area contributed by atoms with Gasteiger partial charge in [-0.15, -0.1) is 0 Å². The lowest BCUT2D eigenvalue weighted by Gasteiger charge is -2.14. The average molecular weight is 373 g/mol. The van der Waals surface area contributed by atoms with Gasteiger partial charge in [0, 0.05) is 17.7 Å². The van der Waals surface area contributed by atoms with Gasteiger partial charge < -0.3 is 5.73 Å². The summed E-state index contributed by atoms with van der Waals surface area (Å²) in [5.41, 5.74) is 6.63. The van der Waals surface area contributed by atoms with Crippen LogP contribution in [0, 0.1) is 5.82 Å². The van der Waals surface area contributed by atoms with Crippen LogP contribution in [-0.4, -0.2) is 0 Å². The van der Waals surface area contributed by atoms with Gasteiger partial charge in [-0.25, -0.2) is 4.39 Å². The highest BCUT2D eigenvalue weighted by Gasteiger charge is 2.22. The van der Waals surface area contributed by atoms with Gasteiger partial charge in [-0.3, -0.25) is 0 Å². The fourth-order valence-electron chi connectivity index (χ4n) is 1.73. The van der Waals surface area contributed by atoms with Crippen molar-refractivity contribution in [3.63, 3.8) is 0 Å². The maximum atomic E-state index is 14.0. The van der Waals surface area contributed by atoms with Gasteiger partial charge in [0.15, 0.2) is 0 Å². The van der Waals surface area contributed by atoms with Crippen molar-refractivity contribution >= 4 is 58.0 Å². The molecule has 0 aromatic heterocycles. The third kappa shape index (κ3) is 2.74. The van der Waals surface area contributed by atoms with E-state index in [2.05, 4.69) is 0 Å². The van der Waals surface area contributed by atoms with Crippen LogP contribution in [0.5, 0.6) is 0 Å². The van der Waals surface area contributed by atoms with E-state index >= 15 is 0 Å². The zero-order valence-corrected chi connectivity index (χ0v) is 13.6. The first kappa shape index (κ1) is 16.2. The van der Waals surface area contributed by atoms with Crippen LogP contribution in [0.4, 0.5) is 4.39 Å². The molecule has 0 unspecified atom stereocenters. The fourth-order valence-corrected chi connectivity index (χ4v) is 3.07. The minimum atomic E-state index is -0.513. The number of benzene rings is 2. The van der Waals surface area contributed by atoms with Crippen molar-refractivity contribution in [1.82, 2.24) is 0 Å². The summed E-state index contributed by atoms with van der Waals surface area (Å²) in [6, 6.07) is 4.39. The van der Waals surface area contributed by atoms with Crippen LogP contribution in [0.3, 0.4) is 0 Å². The normalized spacial score (nSPS) is 10.9. The first-order valence-corrected chi connectivity index (χ1v) is 7.27. The Labute approximate surface area is 140 Å². The van der Waals surface area contributed by atoms with Gasteiger partial charge in [-0.05, 0) is 17.7 Å². The zero-order valence-electron chi connectivity index (χ0n) is 9.78. The molecule has 0 fully saturated rings. The highest BCUT2D eigenvalue weighted by molar-refractivity contribution is 6.56. The van der Waals surface area contributed by atoms with Gasteiger partial charge in [0.1, 0.15) is 5.82 Å². The van der Waals surface area contributed by atoms with Crippen LogP contribution in [0.1, 0.15) is 5.56 Å². The average Bonchev–Trinajstić information content (AvgIpc) is 2.45. The highest BCUT2D eigenvalue weighted by Crippen LogP contribution is 2.48. The van der Waals surface area contributed by atoms with E-state index in [0.29, 0.717) is 0 Å². The van der Waals surface area contributed by atoms with E-state index in [1.165, 1.54) is 6.07 Å². The van der Waals surface area contributed by atoms with Crippen LogP contribution in [0.25, 0.3) is 11.1 Å². The van der Waals surface area contributed by atoms with Gasteiger partial charge in [0.05, 0.1) is 25.1 Å². The Bertz CT molecular complexity index is 658. The quantitative estimate of drug-likeness (QED) is 0.491. The summed E-state index contributed by atoms with van der Waals surface area (Å²) in [6.07, 6.45) is 0. The molecule has 2 aromatic carbocycles. The summed E-state index contributed by atoms with van der Waals surface area (Å²) in [4.78, 5) is 0. The van der Waals surface area contributed by atoms with E-state index in [4.69, 9.17) is 63.7 Å². The lowest BCUT2D eigenvalue weighted by Crippen LogP contribution is -1.98. The van der Waals surface area contributed by atoms with Crippen molar-refractivity contribution in [2.75, 3.05) is 0 Å². The lowest BCUT2D eigenvalue weighted by atomic mass is 10.0. The van der Waals surface area contributed by atoms with Crippen LogP contribution >= 0.6 is 58.0 Å². The molecule has 106 valence electrons. The Kier molecular flexibility index (Phi) is 5.06. The summed E-state index contributed by atoms with van der Waals surface area (Å²) in [5, 5.41) is 0.159. The second-order valence-corrected chi connectivity index (χ2v) is 5.85. The minimum Gasteiger partial charge on any atom is -0.326 e. The van der Waals surface area contributed by atoms with Crippen molar-refractivity contribution in [1.29, 1.82) is 0 Å². The molecule has 0 aliphatic heterocycles. The van der Waals surface area contributed by atoms with Gasteiger partial charge in [-0.2, -0.15) is 0 Å². The van der Waals surface area contributed by atoms with Gasteiger partial charge in [0.2, 0.25) is 0 Å². The Morgan fingerprint density at radius 3 is 1.85 bits per heavy atom. The monoisotopic (exact) mass is 371 g/mol. The SMILES string of the molecule is NCc1ccc(F)c(-c2c(Cl)c(Cl)c(Cl)c(Cl)c2Cl)c1. The van der Waals surface area contributed by atoms with Gasteiger partial charge in [-0.1, -0.05) is 64.1 Å². The maximum absolute atomic E-state index is 14.0. The van der Waals surface area contributed by atoms with Crippen LogP contribution in [-0.2, 0) is 6.54 Å². The summed E-state index contributed by atoms with van der Waals surface area (Å²) in [6.45, 7) is 0.248. The number of hydrogen-bond acceptors (Lipinski definition) is 1. The topological polar surface area (TPSA) is 26.0 Å². The molecule has 1 nitrogen and oxygen atoms in total. The molecular formula is C13H7Cl5FN. The standard InChI is InChI=1S/C13H7Cl5FN/c14-9-8(10(15)12(17)13(18)11(9)16)6-3-5(4-20)1-2-7(6)19/h1-3H,4,20H2. The second kappa shape index (κ2) is 6.27. The molecule has 0 saturated heterocycles. The Morgan fingerprint density at radius 1 is 0.850 bits per heavy atom. The predicted molar refractivity (Wildman–Crippen MR) is 84.8 cm³/mol. The Hall–Kier alpha value is -0.220. The van der Waals surface area contributed by atoms with E-state index < -0.39 is 5.82 Å². The van der Waals surface area contributed by atoms with Crippen molar-refractivity contribution in [3.05, 3.63) is 54.7 Å². The summed E-state index contributed by atoms with van der Waals surface area (Å²) in [7, 11) is 0. The maximum Gasteiger partial charge on any atom is 0.131 e. The molecule has 0 radical (unpaired) electrons. The number of rotatable bonds is 2. The third-order valence-corrected chi connectivity index (χ3v) is 5.02. The largest absolute Gasteiger partial charge is 0.326 e. The first-order valence-electron chi connectivity index (χ1n) is 5.38. The van der Waals surface area contributed by atoms with Gasteiger partial charge >= 0.3 is 0 Å². The van der Waals surface area contributed by atoms with Crippen molar-refractivity contribution < 1.29 is 4.39 Å². The molecule has 0 heterocycles. The molecule has 0 bridgehead atoms. The van der Waals surface area contributed by atoms with Crippen LogP contribution in [0.15, 0.2) is 18.2 Å². The van der Waals surface area contributed by atoms with Crippen molar-refractivity contribution in [2.45, 2.75) is 6.54 Å². The molecule has 20 heavy (non-hydrogen) atoms. The molecule has 0 aliphatic carbocycles. The molecule has 0 amide bonds. The summed E-state index contributed by atoms with van der Waals surface area (Å²) in [5.74, 6) is -0.513. The van der Waals surface area contributed by atoms with E-state index in [0.717, 1.165) is 5.56 Å². The highest BCUT2D eigenvalue weighted by atomic mass is 35.5. The number of nitrogens with two attached hydrogens (primary N) is 1. The van der Waals surface area contributed by atoms with Crippen molar-refractivity contribution in [2.24, 2.45) is 5.73 Å². The molecule has 0 atom stereocenters. The molecule has 2 aromatic rings. The Morgan fingerprint density at radius 2 is 1.35 bits per heavy atom. The molecule has 2 rings (SSSR count). The van der Waals surface area contributed by atoms with E-state index in [-0.39, 0.29) is 42.8 Å². The number of hydrogen-bond donors (Lipinski definition) is 1. The molecule has 0 saturated carbocycles. The summed E-state index contributed by atoms with van der Waals surface area (Å²) >= 11 is 30.1. The molecule has 7 heteroatoms. The van der Waals surface area contributed by atoms with E-state index in [9.17, 15) is 4.39 Å². The van der Waals surface area contributed by atoms with E-state index in [1.807, 2.05) is 0 Å². The smallest absolute Gasteiger partial charge is 0.131 e. The van der Waals surface area contributed by atoms with E-state index in [1.54, 1.807) is 12.1 Å². The van der Waals surface area contributed by atoms with Crippen LogP contribution in [0.2, 0.25) is 25.1 Å². The molecule has 2 N–H and O–H groups in total. The lowest BCUT2D eigenvalue weighted by molar-refractivity contribution is 0.630. The molecular weight excluding hydrogens is 366 g/mol. The van der Waals surface area contributed by atoms with Gasteiger partial charge in [0.25, 0.3) is 0 Å². The third-order valence-electron chi connectivity index (χ3n) is 2.75. The predicted octanol–water partition coefficient (Wildman–Crippen LogP) is 6.22. The summed E-state index contributed by atoms with van der Waals surface area (Å²) < 4.78 is 14.0. The molecule has 0 aliphatic rings. The Balaban J connectivity index is 2.83. The first-order chi connectivity index (χ1) is 9.38. The minimum absolute atomic E-state index is 0.0234. The van der Waals surface area contributed by atoms with Crippen LogP contribution < -0.4 is 5.73 Å². The zero-order chi connectivity index (χ0) is 15.0. The second-order valence-electron chi connectivity index (χ2n) is 3.96. The number of halogens is 6. The van der Waals surface area contributed by atoms with Crippen molar-refractivity contribution in [3.8, 4) is 11.1 Å². The fraction of sp³-hybridized carbons (Fsp3) is 0.0769. The molecule has 0 spiro atoms.